The van der Waals surface area contributed by atoms with Crippen molar-refractivity contribution in [2.24, 2.45) is 0 Å². The molecule has 146 valence electrons. The number of carbonyl (C=O) groups is 2. The van der Waals surface area contributed by atoms with Crippen LogP contribution >= 0.6 is 11.3 Å². The maximum absolute atomic E-state index is 12.5. The van der Waals surface area contributed by atoms with E-state index in [2.05, 4.69) is 18.3 Å². The Morgan fingerprint density at radius 1 is 1.19 bits per heavy atom. The maximum atomic E-state index is 12.5. The van der Waals surface area contributed by atoms with E-state index in [-0.39, 0.29) is 18.4 Å². The number of hydrogen-bond acceptors (Lipinski definition) is 4. The average molecular weight is 391 g/mol. The quantitative estimate of drug-likeness (QED) is 0.683. The number of hydrogen-bond donors (Lipinski definition) is 2. The summed E-state index contributed by atoms with van der Waals surface area (Å²) in [6.07, 6.45) is 0. The van der Waals surface area contributed by atoms with Gasteiger partial charge in [-0.2, -0.15) is 0 Å². The van der Waals surface area contributed by atoms with Crippen LogP contribution in [-0.2, 0) is 16.1 Å². The molecule has 2 aromatic rings. The summed E-state index contributed by atoms with van der Waals surface area (Å²) in [5.41, 5.74) is 1.92. The van der Waals surface area contributed by atoms with Gasteiger partial charge in [-0.05, 0) is 55.1 Å². The van der Waals surface area contributed by atoms with Gasteiger partial charge in [-0.15, -0.1) is 11.3 Å². The molecule has 0 radical (unpaired) electrons. The predicted molar refractivity (Wildman–Crippen MR) is 108 cm³/mol. The molecule has 1 heterocycles. The van der Waals surface area contributed by atoms with E-state index in [4.69, 9.17) is 4.74 Å². The van der Waals surface area contributed by atoms with Gasteiger partial charge in [0.25, 0.3) is 11.8 Å². The van der Waals surface area contributed by atoms with Gasteiger partial charge in [-0.25, -0.2) is 0 Å². The Hall–Kier alpha value is -2.38. The molecular formula is C20H28N3O3S+. The van der Waals surface area contributed by atoms with E-state index in [9.17, 15) is 9.59 Å². The number of quaternary nitrogens is 1. The van der Waals surface area contributed by atoms with Crippen LogP contribution in [0.4, 0.5) is 5.69 Å². The molecule has 2 amide bonds. The Kier molecular flexibility index (Phi) is 7.82. The van der Waals surface area contributed by atoms with Crippen molar-refractivity contribution in [3.05, 3.63) is 46.2 Å². The van der Waals surface area contributed by atoms with Gasteiger partial charge >= 0.3 is 0 Å². The van der Waals surface area contributed by atoms with E-state index in [0.29, 0.717) is 25.3 Å². The Labute approximate surface area is 164 Å². The second kappa shape index (κ2) is 10.1. The largest absolute Gasteiger partial charge is 0.497 e. The standard InChI is InChI=1S/C20H27N3O3S/c1-5-23(13-19(24)21-16-6-8-17(26-4)9-7-16)14-20(25)22(3)12-18-15(2)10-11-27-18/h6-11H,5,12-14H2,1-4H3,(H,21,24)/p+1. The third kappa shape index (κ3) is 6.37. The fourth-order valence-electron chi connectivity index (χ4n) is 2.64. The van der Waals surface area contributed by atoms with Gasteiger partial charge in [0.15, 0.2) is 13.1 Å². The highest BCUT2D eigenvalue weighted by Gasteiger charge is 2.20. The van der Waals surface area contributed by atoms with Crippen LogP contribution in [0.25, 0.3) is 0 Å². The van der Waals surface area contributed by atoms with Gasteiger partial charge < -0.3 is 19.9 Å². The number of likely N-dealkylation sites (N-methyl/N-ethyl adjacent to an activating group) is 2. The van der Waals surface area contributed by atoms with Crippen LogP contribution < -0.4 is 15.0 Å². The summed E-state index contributed by atoms with van der Waals surface area (Å²) in [5.74, 6) is 0.668. The summed E-state index contributed by atoms with van der Waals surface area (Å²) < 4.78 is 5.11. The van der Waals surface area contributed by atoms with Crippen molar-refractivity contribution in [3.63, 3.8) is 0 Å². The highest BCUT2D eigenvalue weighted by atomic mass is 32.1. The highest BCUT2D eigenvalue weighted by molar-refractivity contribution is 7.10. The first-order valence-corrected chi connectivity index (χ1v) is 9.85. The fraction of sp³-hybridized carbons (Fsp3) is 0.400. The van der Waals surface area contributed by atoms with E-state index < -0.39 is 0 Å². The second-order valence-electron chi connectivity index (χ2n) is 6.51. The number of thiophene rings is 1. The Morgan fingerprint density at radius 3 is 2.44 bits per heavy atom. The summed E-state index contributed by atoms with van der Waals surface area (Å²) in [6, 6.07) is 9.25. The van der Waals surface area contributed by atoms with E-state index in [1.807, 2.05) is 19.4 Å². The van der Waals surface area contributed by atoms with Crippen LogP contribution in [0.15, 0.2) is 35.7 Å². The molecule has 6 nitrogen and oxygen atoms in total. The number of rotatable bonds is 9. The van der Waals surface area contributed by atoms with Crippen LogP contribution in [0.1, 0.15) is 17.4 Å². The zero-order valence-electron chi connectivity index (χ0n) is 16.4. The number of aryl methyl sites for hydroxylation is 1. The number of nitrogens with zero attached hydrogens (tertiary/aromatic N) is 1. The van der Waals surface area contributed by atoms with Crippen molar-refractivity contribution in [1.82, 2.24) is 4.90 Å². The average Bonchev–Trinajstić information content (AvgIpc) is 3.06. The van der Waals surface area contributed by atoms with Gasteiger partial charge in [0.2, 0.25) is 0 Å². The number of amides is 2. The molecule has 0 bridgehead atoms. The number of ether oxygens (including phenoxy) is 1. The molecular weight excluding hydrogens is 362 g/mol. The normalized spacial score (nSPS) is 11.7. The van der Waals surface area contributed by atoms with Crippen LogP contribution in [-0.4, -0.2) is 50.5 Å². The molecule has 1 aromatic heterocycles. The maximum Gasteiger partial charge on any atom is 0.279 e. The number of anilines is 1. The molecule has 7 heteroatoms. The highest BCUT2D eigenvalue weighted by Crippen LogP contribution is 2.17. The minimum atomic E-state index is -0.110. The Morgan fingerprint density at radius 2 is 1.89 bits per heavy atom. The lowest BCUT2D eigenvalue weighted by molar-refractivity contribution is -0.882. The summed E-state index contributed by atoms with van der Waals surface area (Å²) in [5, 5.41) is 4.90. The van der Waals surface area contributed by atoms with Crippen molar-refractivity contribution < 1.29 is 19.2 Å². The van der Waals surface area contributed by atoms with E-state index in [0.717, 1.165) is 10.6 Å². The lowest BCUT2D eigenvalue weighted by atomic mass is 10.3. The zero-order chi connectivity index (χ0) is 19.8. The van der Waals surface area contributed by atoms with Gasteiger partial charge in [-0.3, -0.25) is 9.59 Å². The monoisotopic (exact) mass is 390 g/mol. The third-order valence-corrected chi connectivity index (χ3v) is 5.47. The van der Waals surface area contributed by atoms with Gasteiger partial charge in [0.05, 0.1) is 20.2 Å². The molecule has 0 spiro atoms. The van der Waals surface area contributed by atoms with Crippen molar-refractivity contribution in [2.75, 3.05) is 39.1 Å². The Bertz CT molecular complexity index is 758. The number of benzene rings is 1. The lowest BCUT2D eigenvalue weighted by Crippen LogP contribution is -3.13. The molecule has 0 aliphatic heterocycles. The molecule has 2 rings (SSSR count). The van der Waals surface area contributed by atoms with E-state index in [1.165, 1.54) is 10.4 Å². The first-order chi connectivity index (χ1) is 12.9. The second-order valence-corrected chi connectivity index (χ2v) is 7.51. The van der Waals surface area contributed by atoms with Crippen molar-refractivity contribution >= 4 is 28.8 Å². The van der Waals surface area contributed by atoms with Crippen LogP contribution in [0, 0.1) is 6.92 Å². The summed E-state index contributed by atoms with van der Waals surface area (Å²) in [4.78, 5) is 28.7. The van der Waals surface area contributed by atoms with Crippen LogP contribution in [0.5, 0.6) is 5.75 Å². The molecule has 0 aliphatic carbocycles. The lowest BCUT2D eigenvalue weighted by Gasteiger charge is -2.21. The predicted octanol–water partition coefficient (Wildman–Crippen LogP) is 1.57. The minimum absolute atomic E-state index is 0.0388. The summed E-state index contributed by atoms with van der Waals surface area (Å²) in [6.45, 7) is 5.89. The summed E-state index contributed by atoms with van der Waals surface area (Å²) in [7, 11) is 3.41. The molecule has 1 aromatic carbocycles. The minimum Gasteiger partial charge on any atom is -0.497 e. The zero-order valence-corrected chi connectivity index (χ0v) is 17.2. The number of methoxy groups -OCH3 is 1. The van der Waals surface area contributed by atoms with Gasteiger partial charge in [0.1, 0.15) is 5.75 Å². The van der Waals surface area contributed by atoms with Gasteiger partial charge in [0, 0.05) is 17.6 Å². The molecule has 2 N–H and O–H groups in total. The molecule has 1 unspecified atom stereocenters. The first kappa shape index (κ1) is 20.9. The topological polar surface area (TPSA) is 63.1 Å². The molecule has 27 heavy (non-hydrogen) atoms. The van der Waals surface area contributed by atoms with Crippen molar-refractivity contribution in [2.45, 2.75) is 20.4 Å². The fourth-order valence-corrected chi connectivity index (χ4v) is 3.60. The number of carbonyl (C=O) groups excluding carboxylic acids is 2. The molecule has 0 saturated carbocycles. The van der Waals surface area contributed by atoms with Crippen LogP contribution in [0.3, 0.4) is 0 Å². The SMILES string of the molecule is CC[NH+](CC(=O)Nc1ccc(OC)cc1)CC(=O)N(C)Cc1sccc1C. The van der Waals surface area contributed by atoms with E-state index >= 15 is 0 Å². The van der Waals surface area contributed by atoms with Crippen LogP contribution in [0.2, 0.25) is 0 Å². The Balaban J connectivity index is 1.85. The van der Waals surface area contributed by atoms with Crippen molar-refractivity contribution in [1.29, 1.82) is 0 Å². The third-order valence-electron chi connectivity index (χ3n) is 4.46. The molecule has 0 fully saturated rings. The molecule has 0 aliphatic rings. The van der Waals surface area contributed by atoms with Crippen molar-refractivity contribution in [3.8, 4) is 5.75 Å². The molecule has 1 atom stereocenters. The smallest absolute Gasteiger partial charge is 0.279 e. The first-order valence-electron chi connectivity index (χ1n) is 8.97. The number of nitrogens with one attached hydrogen (secondary N) is 2. The van der Waals surface area contributed by atoms with E-state index in [1.54, 1.807) is 47.6 Å². The van der Waals surface area contributed by atoms with Gasteiger partial charge in [-0.1, -0.05) is 0 Å². The summed E-state index contributed by atoms with van der Waals surface area (Å²) >= 11 is 1.66. The molecule has 0 saturated heterocycles.